The molecule has 3 aromatic rings. The van der Waals surface area contributed by atoms with Crippen molar-refractivity contribution in [2.45, 2.75) is 65.7 Å². The predicted octanol–water partition coefficient (Wildman–Crippen LogP) is 4.17. The predicted molar refractivity (Wildman–Crippen MR) is 115 cm³/mol. The molecule has 2 aromatic heterocycles. The number of aromatic nitrogens is 3. The van der Waals surface area contributed by atoms with Gasteiger partial charge in [-0.2, -0.15) is 0 Å². The molecule has 4 rings (SSSR count). The molecule has 0 saturated carbocycles. The molecule has 0 radical (unpaired) electrons. The normalized spacial score (nSPS) is 21.7. The van der Waals surface area contributed by atoms with Gasteiger partial charge in [-0.1, -0.05) is 19.6 Å². The molecule has 2 atom stereocenters. The number of benzene rings is 1. The Bertz CT molecular complexity index is 1030. The Morgan fingerprint density at radius 3 is 2.45 bits per heavy atom. The van der Waals surface area contributed by atoms with Crippen molar-refractivity contribution in [2.75, 3.05) is 7.11 Å². The highest BCUT2D eigenvalue weighted by atomic mass is 16.5. The zero-order valence-electron chi connectivity index (χ0n) is 16.9. The van der Waals surface area contributed by atoms with Crippen LogP contribution in [0.5, 0.6) is 5.75 Å². The first kappa shape index (κ1) is 21.1. The minimum Gasteiger partial charge on any atom is -0.497 e. The summed E-state index contributed by atoms with van der Waals surface area (Å²) in [6.07, 6.45) is 6.02. The van der Waals surface area contributed by atoms with Crippen molar-refractivity contribution in [3.05, 3.63) is 64.1 Å². The van der Waals surface area contributed by atoms with Gasteiger partial charge in [0.2, 0.25) is 0 Å². The number of hydrogen-bond donors (Lipinski definition) is 0. The fourth-order valence-corrected chi connectivity index (χ4v) is 4.25. The van der Waals surface area contributed by atoms with Crippen LogP contribution in [0.25, 0.3) is 5.52 Å². The zero-order valence-corrected chi connectivity index (χ0v) is 16.9. The van der Waals surface area contributed by atoms with Crippen molar-refractivity contribution in [2.24, 2.45) is 0 Å². The van der Waals surface area contributed by atoms with Crippen LogP contribution < -0.4 is 10.3 Å². The van der Waals surface area contributed by atoms with Gasteiger partial charge in [0.05, 0.1) is 32.1 Å². The van der Waals surface area contributed by atoms with Gasteiger partial charge in [0.25, 0.3) is 5.56 Å². The molecule has 1 aliphatic rings. The van der Waals surface area contributed by atoms with E-state index >= 15 is 0 Å². The highest BCUT2D eigenvalue weighted by Gasteiger charge is 2.29. The molecule has 0 amide bonds. The van der Waals surface area contributed by atoms with E-state index in [1.165, 1.54) is 0 Å². The van der Waals surface area contributed by atoms with Crippen LogP contribution in [0.1, 0.15) is 57.1 Å². The van der Waals surface area contributed by atoms with Gasteiger partial charge < -0.3 is 14.0 Å². The summed E-state index contributed by atoms with van der Waals surface area (Å²) in [6.45, 7) is 6.71. The lowest BCUT2D eigenvalue weighted by Gasteiger charge is -2.31. The van der Waals surface area contributed by atoms with Crippen LogP contribution in [-0.4, -0.2) is 33.3 Å². The third kappa shape index (κ3) is 4.08. The first-order valence-electron chi connectivity index (χ1n) is 9.82. The second-order valence-electron chi connectivity index (χ2n) is 7.81. The second-order valence-corrected chi connectivity index (χ2v) is 7.81. The van der Waals surface area contributed by atoms with E-state index in [0.29, 0.717) is 18.0 Å². The van der Waals surface area contributed by atoms with Crippen molar-refractivity contribution in [1.82, 2.24) is 14.0 Å². The largest absolute Gasteiger partial charge is 0.497 e. The molecule has 2 unspecified atom stereocenters. The van der Waals surface area contributed by atoms with Gasteiger partial charge in [-0.3, -0.25) is 9.20 Å². The van der Waals surface area contributed by atoms with Crippen LogP contribution in [0.4, 0.5) is 0 Å². The molecular formula is C23H31N3O3. The molecule has 1 aromatic carbocycles. The second kappa shape index (κ2) is 8.41. The van der Waals surface area contributed by atoms with Gasteiger partial charge >= 0.3 is 0 Å². The third-order valence-electron chi connectivity index (χ3n) is 5.59. The van der Waals surface area contributed by atoms with Crippen LogP contribution in [0.3, 0.4) is 0 Å². The summed E-state index contributed by atoms with van der Waals surface area (Å²) in [5, 5.41) is 0. The van der Waals surface area contributed by atoms with Gasteiger partial charge in [-0.25, -0.2) is 4.98 Å². The average molecular weight is 398 g/mol. The molecule has 1 saturated heterocycles. The molecule has 3 heterocycles. The van der Waals surface area contributed by atoms with E-state index in [9.17, 15) is 4.79 Å². The van der Waals surface area contributed by atoms with Crippen molar-refractivity contribution in [1.29, 1.82) is 0 Å². The van der Waals surface area contributed by atoms with E-state index in [0.717, 1.165) is 35.7 Å². The summed E-state index contributed by atoms with van der Waals surface area (Å²) < 4.78 is 14.9. The molecule has 0 bridgehead atoms. The number of aryl methyl sites for hydroxylation is 1. The Morgan fingerprint density at radius 1 is 1.17 bits per heavy atom. The first-order valence-corrected chi connectivity index (χ1v) is 9.82. The fraction of sp³-hybridized carbons (Fsp3) is 0.478. The van der Waals surface area contributed by atoms with Gasteiger partial charge in [-0.05, 0) is 51.3 Å². The van der Waals surface area contributed by atoms with E-state index in [1.807, 2.05) is 41.8 Å². The maximum Gasteiger partial charge on any atom is 0.276 e. The molecule has 1 fully saturated rings. The fourth-order valence-electron chi connectivity index (χ4n) is 4.25. The highest BCUT2D eigenvalue weighted by molar-refractivity contribution is 5.45. The molecule has 156 valence electrons. The van der Waals surface area contributed by atoms with Crippen molar-refractivity contribution in [3.63, 3.8) is 0 Å². The number of imidazole rings is 1. The Balaban J connectivity index is 0.00000240. The van der Waals surface area contributed by atoms with Crippen molar-refractivity contribution >= 4 is 5.52 Å². The van der Waals surface area contributed by atoms with Crippen molar-refractivity contribution in [3.8, 4) is 5.75 Å². The van der Waals surface area contributed by atoms with E-state index in [4.69, 9.17) is 9.47 Å². The van der Waals surface area contributed by atoms with E-state index in [2.05, 4.69) is 18.8 Å². The molecule has 0 spiro atoms. The lowest BCUT2D eigenvalue weighted by molar-refractivity contribution is -0.0391. The summed E-state index contributed by atoms with van der Waals surface area (Å²) in [6, 6.07) is 7.81. The number of ether oxygens (including phenoxy) is 2. The topological polar surface area (TPSA) is 57.8 Å². The third-order valence-corrected chi connectivity index (χ3v) is 5.59. The van der Waals surface area contributed by atoms with Gasteiger partial charge in [0.1, 0.15) is 17.1 Å². The highest BCUT2D eigenvalue weighted by Crippen LogP contribution is 2.32. The minimum absolute atomic E-state index is 0. The Hall–Kier alpha value is -2.60. The van der Waals surface area contributed by atoms with E-state index in [1.54, 1.807) is 17.9 Å². The molecule has 6 heteroatoms. The van der Waals surface area contributed by atoms with Crippen LogP contribution >= 0.6 is 0 Å². The molecular weight excluding hydrogens is 366 g/mol. The smallest absolute Gasteiger partial charge is 0.276 e. The maximum atomic E-state index is 13.2. The number of hydrogen-bond acceptors (Lipinski definition) is 4. The van der Waals surface area contributed by atoms with Crippen molar-refractivity contribution < 1.29 is 9.47 Å². The summed E-state index contributed by atoms with van der Waals surface area (Å²) in [4.78, 5) is 17.8. The molecule has 1 aliphatic heterocycles. The average Bonchev–Trinajstić information content (AvgIpc) is 3.08. The number of methoxy groups -OCH3 is 1. The minimum atomic E-state index is -0.0114. The van der Waals surface area contributed by atoms with Crippen LogP contribution in [-0.2, 0) is 11.3 Å². The lowest BCUT2D eigenvalue weighted by Crippen LogP contribution is -2.30. The molecule has 29 heavy (non-hydrogen) atoms. The number of fused-ring (bicyclic) bond motifs is 1. The quantitative estimate of drug-likeness (QED) is 0.663. The monoisotopic (exact) mass is 397 g/mol. The standard InChI is InChI=1S/C22H27N3O3.CH4/c1-14-12-25-20(11-23-21(25)18-9-15(2)28-16(3)10-18)22(26)24(14)13-17-5-7-19(27-4)8-6-17;/h5-8,11-12,15-16,18H,9-10,13H2,1-4H3;1H4. The lowest BCUT2D eigenvalue weighted by atomic mass is 9.92. The number of rotatable bonds is 4. The van der Waals surface area contributed by atoms with Crippen LogP contribution in [0.2, 0.25) is 0 Å². The Kier molecular flexibility index (Phi) is 6.13. The summed E-state index contributed by atoms with van der Waals surface area (Å²) in [5.41, 5.74) is 2.59. The molecule has 0 N–H and O–H groups in total. The van der Waals surface area contributed by atoms with E-state index in [-0.39, 0.29) is 25.2 Å². The van der Waals surface area contributed by atoms with Crippen LogP contribution in [0.15, 0.2) is 41.5 Å². The summed E-state index contributed by atoms with van der Waals surface area (Å²) in [5.74, 6) is 2.08. The van der Waals surface area contributed by atoms with Gasteiger partial charge in [0.15, 0.2) is 0 Å². The summed E-state index contributed by atoms with van der Waals surface area (Å²) in [7, 11) is 1.65. The SMILES string of the molecule is C.COc1ccc(Cn2c(C)cn3c(C4CC(C)OC(C)C4)ncc3c2=O)cc1. The zero-order chi connectivity index (χ0) is 19.8. The number of nitrogens with zero attached hydrogens (tertiary/aromatic N) is 3. The molecule has 0 aliphatic carbocycles. The van der Waals surface area contributed by atoms with Gasteiger partial charge in [0, 0.05) is 17.8 Å². The van der Waals surface area contributed by atoms with Gasteiger partial charge in [-0.15, -0.1) is 0 Å². The Morgan fingerprint density at radius 2 is 1.83 bits per heavy atom. The Labute approximate surface area is 172 Å². The van der Waals surface area contributed by atoms with Crippen LogP contribution in [0, 0.1) is 6.92 Å². The van der Waals surface area contributed by atoms with E-state index < -0.39 is 0 Å². The summed E-state index contributed by atoms with van der Waals surface area (Å²) >= 11 is 0. The first-order chi connectivity index (χ1) is 13.5. The maximum absolute atomic E-state index is 13.2. The molecule has 6 nitrogen and oxygen atoms in total.